The average Bonchev–Trinajstić information content (AvgIpc) is 3.47. The first kappa shape index (κ1) is 79.9. The third-order valence-corrected chi connectivity index (χ3v) is 17.2. The van der Waals surface area contributed by atoms with Gasteiger partial charge >= 0.3 is 17.9 Å². The Morgan fingerprint density at radius 3 is 0.671 bits per heavy atom. The molecular formula is C76H144O6. The summed E-state index contributed by atoms with van der Waals surface area (Å²) in [6, 6.07) is 0. The van der Waals surface area contributed by atoms with Gasteiger partial charge in [0.15, 0.2) is 6.10 Å². The largest absolute Gasteiger partial charge is 0.462 e. The molecule has 1 atom stereocenters. The summed E-state index contributed by atoms with van der Waals surface area (Å²) in [5, 5.41) is 0. The van der Waals surface area contributed by atoms with Crippen molar-refractivity contribution in [1.29, 1.82) is 0 Å². The summed E-state index contributed by atoms with van der Waals surface area (Å²) in [4.78, 5) is 38.1. The van der Waals surface area contributed by atoms with Crippen molar-refractivity contribution in [2.45, 2.75) is 431 Å². The van der Waals surface area contributed by atoms with E-state index in [0.29, 0.717) is 19.3 Å². The molecule has 0 aliphatic carbocycles. The summed E-state index contributed by atoms with van der Waals surface area (Å²) in [7, 11) is 0. The highest BCUT2D eigenvalue weighted by Gasteiger charge is 2.20. The van der Waals surface area contributed by atoms with Crippen molar-refractivity contribution in [3.63, 3.8) is 0 Å². The van der Waals surface area contributed by atoms with Crippen LogP contribution in [0.5, 0.6) is 0 Å². The van der Waals surface area contributed by atoms with E-state index in [2.05, 4.69) is 45.1 Å². The van der Waals surface area contributed by atoms with Crippen LogP contribution in [-0.4, -0.2) is 37.2 Å². The molecule has 1 unspecified atom stereocenters. The maximum atomic E-state index is 12.9. The number of ether oxygens (including phenoxy) is 3. The fraction of sp³-hybridized carbons (Fsp3) is 0.908. The van der Waals surface area contributed by atoms with Crippen LogP contribution in [0.15, 0.2) is 24.3 Å². The highest BCUT2D eigenvalue weighted by atomic mass is 16.6. The van der Waals surface area contributed by atoms with E-state index in [1.54, 1.807) is 0 Å². The Morgan fingerprint density at radius 2 is 0.439 bits per heavy atom. The second kappa shape index (κ2) is 71.4. The van der Waals surface area contributed by atoms with Crippen LogP contribution < -0.4 is 0 Å². The van der Waals surface area contributed by atoms with Gasteiger partial charge in [0.2, 0.25) is 0 Å². The van der Waals surface area contributed by atoms with E-state index in [9.17, 15) is 14.4 Å². The maximum absolute atomic E-state index is 12.9. The molecule has 6 nitrogen and oxygen atoms in total. The molecule has 0 fully saturated rings. The molecule has 0 saturated carbocycles. The molecule has 0 aromatic heterocycles. The minimum atomic E-state index is -0.767. The Hall–Kier alpha value is -2.11. The van der Waals surface area contributed by atoms with Crippen LogP contribution in [0.4, 0.5) is 0 Å². The van der Waals surface area contributed by atoms with Crippen LogP contribution in [0.25, 0.3) is 0 Å². The van der Waals surface area contributed by atoms with Crippen molar-refractivity contribution in [2.75, 3.05) is 13.2 Å². The summed E-state index contributed by atoms with van der Waals surface area (Å²) in [5.41, 5.74) is 0. The predicted octanol–water partition coefficient (Wildman–Crippen LogP) is 25.7. The lowest BCUT2D eigenvalue weighted by molar-refractivity contribution is -0.167. The smallest absolute Gasteiger partial charge is 0.306 e. The molecule has 0 rings (SSSR count). The number of carbonyl (C=O) groups excluding carboxylic acids is 3. The molecule has 0 saturated heterocycles. The molecule has 484 valence electrons. The Morgan fingerprint density at radius 1 is 0.244 bits per heavy atom. The maximum Gasteiger partial charge on any atom is 0.306 e. The molecule has 0 radical (unpaired) electrons. The van der Waals surface area contributed by atoms with E-state index in [1.165, 1.54) is 321 Å². The Balaban J connectivity index is 3.89. The number of allylic oxidation sites excluding steroid dienone is 4. The molecule has 82 heavy (non-hydrogen) atoms. The molecular weight excluding hydrogens is 1010 g/mol. The number of hydrogen-bond donors (Lipinski definition) is 0. The van der Waals surface area contributed by atoms with Crippen LogP contribution in [0, 0.1) is 0 Å². The van der Waals surface area contributed by atoms with Crippen molar-refractivity contribution in [2.24, 2.45) is 0 Å². The average molecular weight is 1150 g/mol. The van der Waals surface area contributed by atoms with Gasteiger partial charge in [-0.25, -0.2) is 0 Å². The van der Waals surface area contributed by atoms with E-state index in [-0.39, 0.29) is 31.1 Å². The molecule has 0 spiro atoms. The summed E-state index contributed by atoms with van der Waals surface area (Å²) >= 11 is 0. The van der Waals surface area contributed by atoms with Crippen LogP contribution in [0.1, 0.15) is 425 Å². The van der Waals surface area contributed by atoms with Crippen molar-refractivity contribution < 1.29 is 28.6 Å². The number of carbonyl (C=O) groups is 3. The number of rotatable bonds is 70. The normalized spacial score (nSPS) is 12.1. The van der Waals surface area contributed by atoms with Gasteiger partial charge in [-0.05, 0) is 51.4 Å². The summed E-state index contributed by atoms with van der Waals surface area (Å²) in [5.74, 6) is -0.851. The molecule has 0 N–H and O–H groups in total. The third-order valence-electron chi connectivity index (χ3n) is 17.2. The van der Waals surface area contributed by atoms with Gasteiger partial charge in [-0.1, -0.05) is 379 Å². The quantitative estimate of drug-likeness (QED) is 0.0261. The zero-order valence-corrected chi connectivity index (χ0v) is 55.8. The van der Waals surface area contributed by atoms with Gasteiger partial charge in [-0.3, -0.25) is 14.4 Å². The van der Waals surface area contributed by atoms with Crippen molar-refractivity contribution >= 4 is 17.9 Å². The van der Waals surface area contributed by atoms with Crippen LogP contribution >= 0.6 is 0 Å². The van der Waals surface area contributed by atoms with Crippen molar-refractivity contribution in [1.82, 2.24) is 0 Å². The molecule has 0 bridgehead atoms. The van der Waals surface area contributed by atoms with E-state index >= 15 is 0 Å². The second-order valence-electron chi connectivity index (χ2n) is 25.6. The minimum absolute atomic E-state index is 0.0666. The van der Waals surface area contributed by atoms with E-state index in [1.807, 2.05) is 0 Å². The van der Waals surface area contributed by atoms with Gasteiger partial charge < -0.3 is 14.2 Å². The van der Waals surface area contributed by atoms with Gasteiger partial charge in [-0.15, -0.1) is 0 Å². The Kier molecular flexibility index (Phi) is 69.5. The van der Waals surface area contributed by atoms with E-state index in [0.717, 1.165) is 64.2 Å². The monoisotopic (exact) mass is 1150 g/mol. The van der Waals surface area contributed by atoms with E-state index in [4.69, 9.17) is 14.2 Å². The fourth-order valence-electron chi connectivity index (χ4n) is 11.6. The third kappa shape index (κ3) is 68.7. The number of esters is 3. The first-order valence-corrected chi connectivity index (χ1v) is 37.3. The summed E-state index contributed by atoms with van der Waals surface area (Å²) in [6.45, 7) is 6.65. The lowest BCUT2D eigenvalue weighted by atomic mass is 10.0. The van der Waals surface area contributed by atoms with Gasteiger partial charge in [0.1, 0.15) is 13.2 Å². The molecule has 0 aliphatic rings. The zero-order chi connectivity index (χ0) is 59.2. The van der Waals surface area contributed by atoms with Crippen molar-refractivity contribution in [3.8, 4) is 0 Å². The SMILES string of the molecule is CCCCCCC/C=C\C/C=C\CCCCCCCCCCCCCC(=O)OC(COC(=O)CCCCCCCC)COC(=O)CCCCCCCCCCCCCCCCCCCCCCCCCCCCCCCCCCCCC. The van der Waals surface area contributed by atoms with Crippen LogP contribution in [0.3, 0.4) is 0 Å². The molecule has 0 amide bonds. The predicted molar refractivity (Wildman–Crippen MR) is 358 cm³/mol. The lowest BCUT2D eigenvalue weighted by Gasteiger charge is -2.18. The highest BCUT2D eigenvalue weighted by Crippen LogP contribution is 2.19. The van der Waals surface area contributed by atoms with Crippen LogP contribution in [-0.2, 0) is 28.6 Å². The Labute approximate surface area is 513 Å². The van der Waals surface area contributed by atoms with E-state index < -0.39 is 6.10 Å². The second-order valence-corrected chi connectivity index (χ2v) is 25.6. The minimum Gasteiger partial charge on any atom is -0.462 e. The van der Waals surface area contributed by atoms with Crippen LogP contribution in [0.2, 0.25) is 0 Å². The number of hydrogen-bond acceptors (Lipinski definition) is 6. The first-order valence-electron chi connectivity index (χ1n) is 37.3. The summed E-state index contributed by atoms with van der Waals surface area (Å²) < 4.78 is 16.9. The molecule has 0 aromatic rings. The highest BCUT2D eigenvalue weighted by molar-refractivity contribution is 5.71. The molecule has 0 aromatic carbocycles. The standard InChI is InChI=1S/C76H144O6/c1-4-7-10-13-16-18-20-22-24-26-28-30-32-33-34-35-36-37-38-39-40-41-42-43-45-46-48-50-52-54-56-58-60-63-66-69-75(78)81-72-73(71-80-74(77)68-65-62-15-12-9-6-3)82-76(79)70-67-64-61-59-57-55-53-51-49-47-44-31-29-27-25-23-21-19-17-14-11-8-5-2/h21,23,27,29,73H,4-20,22,24-26,28,30-72H2,1-3H3/b23-21-,29-27-. The van der Waals surface area contributed by atoms with Gasteiger partial charge in [0.25, 0.3) is 0 Å². The van der Waals surface area contributed by atoms with Gasteiger partial charge in [0.05, 0.1) is 0 Å². The topological polar surface area (TPSA) is 78.9 Å². The van der Waals surface area contributed by atoms with Gasteiger partial charge in [-0.2, -0.15) is 0 Å². The first-order chi connectivity index (χ1) is 40.5. The zero-order valence-electron chi connectivity index (χ0n) is 55.8. The number of unbranched alkanes of at least 4 members (excludes halogenated alkanes) is 55. The Bertz CT molecular complexity index is 1320. The lowest BCUT2D eigenvalue weighted by Crippen LogP contribution is -2.30. The van der Waals surface area contributed by atoms with Crippen molar-refractivity contribution in [3.05, 3.63) is 24.3 Å². The molecule has 0 heterocycles. The molecule has 0 aliphatic heterocycles. The molecule has 6 heteroatoms. The van der Waals surface area contributed by atoms with Gasteiger partial charge in [0, 0.05) is 19.3 Å². The fourth-order valence-corrected chi connectivity index (χ4v) is 11.6. The summed E-state index contributed by atoms with van der Waals surface area (Å²) in [6.07, 6.45) is 88.5.